The van der Waals surface area contributed by atoms with Crippen LogP contribution >= 0.6 is 11.3 Å². The van der Waals surface area contributed by atoms with Crippen molar-refractivity contribution >= 4 is 33.8 Å². The molecule has 2 heterocycles. The van der Waals surface area contributed by atoms with Crippen LogP contribution in [0.1, 0.15) is 15.2 Å². The lowest BCUT2D eigenvalue weighted by atomic mass is 10.2. The van der Waals surface area contributed by atoms with Crippen molar-refractivity contribution in [2.75, 3.05) is 14.1 Å². The molecular formula is C12H10F3N3OS. The highest BCUT2D eigenvalue weighted by Gasteiger charge is 2.31. The van der Waals surface area contributed by atoms with Crippen LogP contribution in [0.4, 0.5) is 13.2 Å². The lowest BCUT2D eigenvalue weighted by Crippen LogP contribution is -2.09. The van der Waals surface area contributed by atoms with E-state index in [1.54, 1.807) is 19.0 Å². The number of nitrogens with zero attached hydrogens (tertiary/aromatic N) is 3. The summed E-state index contributed by atoms with van der Waals surface area (Å²) in [4.78, 5) is 21.0. The largest absolute Gasteiger partial charge is 0.417 e. The van der Waals surface area contributed by atoms with Crippen molar-refractivity contribution in [3.05, 3.63) is 28.8 Å². The van der Waals surface area contributed by atoms with Gasteiger partial charge in [-0.25, -0.2) is 0 Å². The Morgan fingerprint density at radius 1 is 1.40 bits per heavy atom. The molecule has 0 aliphatic carbocycles. The summed E-state index contributed by atoms with van der Waals surface area (Å²) >= 11 is 0.943. The van der Waals surface area contributed by atoms with Crippen LogP contribution < -0.4 is 0 Å². The summed E-state index contributed by atoms with van der Waals surface area (Å²) in [5, 5.41) is 0. The molecule has 0 aromatic carbocycles. The predicted octanol–water partition coefficient (Wildman–Crippen LogP) is 3.05. The first-order valence-corrected chi connectivity index (χ1v) is 6.31. The van der Waals surface area contributed by atoms with E-state index < -0.39 is 17.6 Å². The zero-order valence-corrected chi connectivity index (χ0v) is 11.4. The van der Waals surface area contributed by atoms with Crippen LogP contribution in [0.2, 0.25) is 0 Å². The summed E-state index contributed by atoms with van der Waals surface area (Å²) in [6.45, 7) is 0. The number of rotatable bonds is 2. The molecular weight excluding hydrogens is 291 g/mol. The minimum atomic E-state index is -4.45. The Hall–Kier alpha value is -1.96. The van der Waals surface area contributed by atoms with Crippen LogP contribution in [0.25, 0.3) is 10.2 Å². The van der Waals surface area contributed by atoms with Crippen molar-refractivity contribution in [1.82, 2.24) is 9.88 Å². The minimum absolute atomic E-state index is 0.255. The molecule has 8 heteroatoms. The standard InChI is InChI=1S/C12H10F3N3OS/c1-18(2)6-17-11(19)10-4-8-9(20-10)3-7(5-16-8)12(13,14)15/h3-6H,1-2H3. The molecule has 0 saturated heterocycles. The monoisotopic (exact) mass is 301 g/mol. The molecule has 4 nitrogen and oxygen atoms in total. The molecule has 2 rings (SSSR count). The summed E-state index contributed by atoms with van der Waals surface area (Å²) in [5.41, 5.74) is -0.478. The van der Waals surface area contributed by atoms with Crippen molar-refractivity contribution in [2.45, 2.75) is 6.18 Å². The normalized spacial score (nSPS) is 12.2. The second kappa shape index (κ2) is 5.20. The SMILES string of the molecule is CN(C)C=NC(=O)c1cc2ncc(C(F)(F)F)cc2s1. The Labute approximate surface area is 116 Å². The van der Waals surface area contributed by atoms with Gasteiger partial charge in [-0.3, -0.25) is 9.78 Å². The number of pyridine rings is 1. The average molecular weight is 301 g/mol. The van der Waals surface area contributed by atoms with Crippen molar-refractivity contribution in [3.8, 4) is 0 Å². The Morgan fingerprint density at radius 2 is 2.10 bits per heavy atom. The highest BCUT2D eigenvalue weighted by Crippen LogP contribution is 2.33. The molecule has 2 aromatic rings. The second-order valence-electron chi connectivity index (χ2n) is 4.23. The quantitative estimate of drug-likeness (QED) is 0.632. The molecule has 106 valence electrons. The fourth-order valence-electron chi connectivity index (χ4n) is 1.41. The number of alkyl halides is 3. The van der Waals surface area contributed by atoms with Gasteiger partial charge in [-0.15, -0.1) is 11.3 Å². The Kier molecular flexibility index (Phi) is 3.76. The van der Waals surface area contributed by atoms with Gasteiger partial charge in [0.1, 0.15) is 0 Å². The molecule has 20 heavy (non-hydrogen) atoms. The summed E-state index contributed by atoms with van der Waals surface area (Å²) in [6, 6.07) is 2.43. The third-order valence-corrected chi connectivity index (χ3v) is 3.37. The van der Waals surface area contributed by atoms with E-state index in [-0.39, 0.29) is 4.88 Å². The number of halogens is 3. The van der Waals surface area contributed by atoms with Crippen molar-refractivity contribution < 1.29 is 18.0 Å². The van der Waals surface area contributed by atoms with Crippen LogP contribution in [0.3, 0.4) is 0 Å². The number of thiophene rings is 1. The Morgan fingerprint density at radius 3 is 2.70 bits per heavy atom. The third-order valence-electron chi connectivity index (χ3n) is 2.31. The van der Waals surface area contributed by atoms with E-state index in [2.05, 4.69) is 9.98 Å². The highest BCUT2D eigenvalue weighted by atomic mass is 32.1. The van der Waals surface area contributed by atoms with Gasteiger partial charge in [0.2, 0.25) is 0 Å². The topological polar surface area (TPSA) is 45.6 Å². The molecule has 0 saturated carbocycles. The molecule has 0 aliphatic heterocycles. The number of carbonyl (C=O) groups is 1. The van der Waals surface area contributed by atoms with Crippen LogP contribution in [-0.2, 0) is 6.18 Å². The van der Waals surface area contributed by atoms with Gasteiger partial charge in [0.15, 0.2) is 0 Å². The summed E-state index contributed by atoms with van der Waals surface area (Å²) in [5.74, 6) is -0.504. The maximum atomic E-state index is 12.6. The number of carbonyl (C=O) groups excluding carboxylic acids is 1. The van der Waals surface area contributed by atoms with E-state index in [0.29, 0.717) is 10.2 Å². The van der Waals surface area contributed by atoms with E-state index >= 15 is 0 Å². The molecule has 0 atom stereocenters. The van der Waals surface area contributed by atoms with Gasteiger partial charge >= 0.3 is 6.18 Å². The van der Waals surface area contributed by atoms with Crippen LogP contribution in [0.5, 0.6) is 0 Å². The number of aliphatic imine (C=N–C) groups is 1. The molecule has 0 radical (unpaired) electrons. The minimum Gasteiger partial charge on any atom is -0.369 e. The summed E-state index contributed by atoms with van der Waals surface area (Å²) in [7, 11) is 3.41. The number of amides is 1. The Bertz CT molecular complexity index is 676. The van der Waals surface area contributed by atoms with E-state index in [1.807, 2.05) is 0 Å². The second-order valence-corrected chi connectivity index (χ2v) is 5.31. The third kappa shape index (κ3) is 3.13. The van der Waals surface area contributed by atoms with Crippen molar-refractivity contribution in [1.29, 1.82) is 0 Å². The van der Waals surface area contributed by atoms with Gasteiger partial charge in [0.05, 0.1) is 27.0 Å². The Balaban J connectivity index is 2.37. The van der Waals surface area contributed by atoms with Crippen LogP contribution in [0.15, 0.2) is 23.3 Å². The van der Waals surface area contributed by atoms with Gasteiger partial charge in [0.25, 0.3) is 5.91 Å². The molecule has 0 spiro atoms. The van der Waals surface area contributed by atoms with Crippen LogP contribution in [-0.4, -0.2) is 36.2 Å². The molecule has 0 fully saturated rings. The summed E-state index contributed by atoms with van der Waals surface area (Å²) < 4.78 is 38.0. The van der Waals surface area contributed by atoms with Gasteiger partial charge in [-0.2, -0.15) is 18.2 Å². The molecule has 2 aromatic heterocycles. The summed E-state index contributed by atoms with van der Waals surface area (Å²) in [6.07, 6.45) is -2.36. The first-order valence-electron chi connectivity index (χ1n) is 5.49. The van der Waals surface area contributed by atoms with Crippen LogP contribution in [0, 0.1) is 0 Å². The highest BCUT2D eigenvalue weighted by molar-refractivity contribution is 7.20. The lowest BCUT2D eigenvalue weighted by molar-refractivity contribution is -0.137. The number of hydrogen-bond donors (Lipinski definition) is 0. The number of aromatic nitrogens is 1. The molecule has 0 unspecified atom stereocenters. The van der Waals surface area contributed by atoms with Gasteiger partial charge < -0.3 is 4.90 Å². The first kappa shape index (κ1) is 14.4. The zero-order valence-electron chi connectivity index (χ0n) is 10.6. The maximum Gasteiger partial charge on any atom is 0.417 e. The van der Waals surface area contributed by atoms with E-state index in [4.69, 9.17) is 0 Å². The zero-order chi connectivity index (χ0) is 14.9. The smallest absolute Gasteiger partial charge is 0.369 e. The number of hydrogen-bond acceptors (Lipinski definition) is 3. The fraction of sp³-hybridized carbons (Fsp3) is 0.250. The van der Waals surface area contributed by atoms with E-state index in [9.17, 15) is 18.0 Å². The fourth-order valence-corrected chi connectivity index (χ4v) is 2.36. The van der Waals surface area contributed by atoms with E-state index in [1.165, 1.54) is 12.4 Å². The predicted molar refractivity (Wildman–Crippen MR) is 71.1 cm³/mol. The number of fused-ring (bicyclic) bond motifs is 1. The van der Waals surface area contributed by atoms with Gasteiger partial charge in [-0.1, -0.05) is 0 Å². The maximum absolute atomic E-state index is 12.6. The van der Waals surface area contributed by atoms with Crippen molar-refractivity contribution in [3.63, 3.8) is 0 Å². The average Bonchev–Trinajstić information content (AvgIpc) is 2.77. The van der Waals surface area contributed by atoms with Gasteiger partial charge in [0, 0.05) is 20.3 Å². The molecule has 0 aliphatic rings. The first-order chi connectivity index (χ1) is 9.27. The van der Waals surface area contributed by atoms with Gasteiger partial charge in [-0.05, 0) is 12.1 Å². The van der Waals surface area contributed by atoms with E-state index in [0.717, 1.165) is 23.6 Å². The van der Waals surface area contributed by atoms with Crippen molar-refractivity contribution in [2.24, 2.45) is 4.99 Å². The molecule has 0 N–H and O–H groups in total. The lowest BCUT2D eigenvalue weighted by Gasteiger charge is -2.04. The molecule has 0 bridgehead atoms. The molecule has 1 amide bonds.